The second kappa shape index (κ2) is 5.54. The van der Waals surface area contributed by atoms with E-state index in [1.807, 2.05) is 23.9 Å². The number of halogens is 1. The van der Waals surface area contributed by atoms with Crippen molar-refractivity contribution < 1.29 is 4.74 Å². The zero-order chi connectivity index (χ0) is 14.1. The number of nitrogens with one attached hydrogen (secondary N) is 1. The molecule has 0 spiro atoms. The van der Waals surface area contributed by atoms with Crippen molar-refractivity contribution in [2.24, 2.45) is 7.05 Å². The molecule has 2 unspecified atom stereocenters. The summed E-state index contributed by atoms with van der Waals surface area (Å²) in [5, 5.41) is 11.7. The van der Waals surface area contributed by atoms with E-state index in [1.54, 1.807) is 0 Å². The fourth-order valence-corrected chi connectivity index (χ4v) is 3.36. The fourth-order valence-electron chi connectivity index (χ4n) is 2.78. The van der Waals surface area contributed by atoms with E-state index in [0.717, 1.165) is 22.6 Å². The molecule has 0 radical (unpaired) electrons. The molecule has 106 valence electrons. The van der Waals surface area contributed by atoms with Gasteiger partial charge < -0.3 is 10.1 Å². The van der Waals surface area contributed by atoms with Crippen molar-refractivity contribution in [2.45, 2.75) is 18.9 Å². The Labute approximate surface area is 126 Å². The van der Waals surface area contributed by atoms with Crippen LogP contribution in [0.15, 0.2) is 28.9 Å². The highest BCUT2D eigenvalue weighted by atomic mass is 79.9. The first kappa shape index (κ1) is 13.6. The lowest BCUT2D eigenvalue weighted by atomic mass is 9.91. The largest absolute Gasteiger partial charge is 0.493 e. The van der Waals surface area contributed by atoms with Crippen molar-refractivity contribution in [3.63, 3.8) is 0 Å². The van der Waals surface area contributed by atoms with Crippen LogP contribution in [0.25, 0.3) is 0 Å². The van der Waals surface area contributed by atoms with Crippen LogP contribution in [0.3, 0.4) is 0 Å². The molecule has 2 aromatic rings. The highest BCUT2D eigenvalue weighted by Crippen LogP contribution is 2.42. The van der Waals surface area contributed by atoms with Crippen LogP contribution in [-0.2, 0) is 7.05 Å². The van der Waals surface area contributed by atoms with Gasteiger partial charge in [0.15, 0.2) is 4.60 Å². The molecule has 1 aliphatic rings. The quantitative estimate of drug-likeness (QED) is 0.931. The van der Waals surface area contributed by atoms with Gasteiger partial charge in [-0.25, -0.2) is 4.68 Å². The number of hydrogen-bond acceptors (Lipinski definition) is 4. The molecule has 0 fully saturated rings. The number of fused-ring (bicyclic) bond motifs is 1. The third kappa shape index (κ3) is 2.23. The Morgan fingerprint density at radius 1 is 1.50 bits per heavy atom. The van der Waals surface area contributed by atoms with E-state index in [-0.39, 0.29) is 12.0 Å². The summed E-state index contributed by atoms with van der Waals surface area (Å²) < 4.78 is 8.42. The highest BCUT2D eigenvalue weighted by molar-refractivity contribution is 9.10. The lowest BCUT2D eigenvalue weighted by Gasteiger charge is -2.23. The topological polar surface area (TPSA) is 52.0 Å². The number of aromatic nitrogens is 3. The monoisotopic (exact) mass is 336 g/mol. The average Bonchev–Trinajstić information content (AvgIpc) is 3.01. The summed E-state index contributed by atoms with van der Waals surface area (Å²) in [7, 11) is 1.92. The van der Waals surface area contributed by atoms with Gasteiger partial charge in [0, 0.05) is 18.5 Å². The third-order valence-corrected chi connectivity index (χ3v) is 4.25. The number of ether oxygens (including phenoxy) is 1. The molecule has 3 rings (SSSR count). The van der Waals surface area contributed by atoms with Crippen molar-refractivity contribution in [1.82, 2.24) is 20.3 Å². The van der Waals surface area contributed by atoms with Crippen molar-refractivity contribution >= 4 is 15.9 Å². The predicted octanol–water partition coefficient (Wildman–Crippen LogP) is 2.40. The Morgan fingerprint density at radius 3 is 3.00 bits per heavy atom. The highest BCUT2D eigenvalue weighted by Gasteiger charge is 2.34. The molecule has 0 bridgehead atoms. The molecule has 2 heterocycles. The van der Waals surface area contributed by atoms with Gasteiger partial charge in [-0.05, 0) is 28.5 Å². The van der Waals surface area contributed by atoms with Crippen LogP contribution in [0, 0.1) is 0 Å². The molecule has 5 nitrogen and oxygen atoms in total. The lowest BCUT2D eigenvalue weighted by Crippen LogP contribution is -2.30. The lowest BCUT2D eigenvalue weighted by molar-refractivity contribution is 0.296. The first-order valence-electron chi connectivity index (χ1n) is 6.72. The van der Waals surface area contributed by atoms with Gasteiger partial charge in [-0.15, -0.1) is 5.10 Å². The molecule has 1 aromatic heterocycles. The maximum Gasteiger partial charge on any atom is 0.153 e. The summed E-state index contributed by atoms with van der Waals surface area (Å²) in [6.07, 6.45) is 0. The Kier molecular flexibility index (Phi) is 3.76. The molecule has 20 heavy (non-hydrogen) atoms. The average molecular weight is 337 g/mol. The van der Waals surface area contributed by atoms with Gasteiger partial charge in [0.2, 0.25) is 0 Å². The molecule has 0 saturated heterocycles. The van der Waals surface area contributed by atoms with Crippen LogP contribution in [0.1, 0.15) is 30.1 Å². The van der Waals surface area contributed by atoms with Gasteiger partial charge in [0.25, 0.3) is 0 Å². The van der Waals surface area contributed by atoms with E-state index >= 15 is 0 Å². The minimum absolute atomic E-state index is 0.123. The Bertz CT molecular complexity index is 593. The Balaban J connectivity index is 2.01. The maximum atomic E-state index is 5.81. The van der Waals surface area contributed by atoms with Crippen LogP contribution in [0.5, 0.6) is 5.75 Å². The van der Waals surface area contributed by atoms with E-state index in [9.17, 15) is 0 Å². The summed E-state index contributed by atoms with van der Waals surface area (Å²) in [6.45, 7) is 3.65. The van der Waals surface area contributed by atoms with Crippen molar-refractivity contribution in [3.8, 4) is 5.75 Å². The number of likely N-dealkylation sites (N-methyl/N-ethyl adjacent to an activating group) is 1. The molecule has 0 amide bonds. The molecule has 1 aliphatic heterocycles. The van der Waals surface area contributed by atoms with Crippen LogP contribution in [0.4, 0.5) is 0 Å². The predicted molar refractivity (Wildman–Crippen MR) is 79.8 cm³/mol. The van der Waals surface area contributed by atoms with Crippen LogP contribution >= 0.6 is 15.9 Å². The van der Waals surface area contributed by atoms with Gasteiger partial charge >= 0.3 is 0 Å². The van der Waals surface area contributed by atoms with E-state index in [4.69, 9.17) is 4.74 Å². The standard InChI is InChI=1S/C14H17BrN4O/c1-3-16-12(13-14(15)17-18-19(13)2)10-8-20-11-7-5-4-6-9(10)11/h4-7,10,12,16H,3,8H2,1-2H3. The normalized spacial score (nSPS) is 18.6. The van der Waals surface area contributed by atoms with Crippen LogP contribution < -0.4 is 10.1 Å². The molecule has 0 saturated carbocycles. The zero-order valence-electron chi connectivity index (χ0n) is 11.5. The molecule has 1 aromatic carbocycles. The summed E-state index contributed by atoms with van der Waals surface area (Å²) in [5.41, 5.74) is 2.30. The molecule has 0 aliphatic carbocycles. The number of rotatable bonds is 4. The molecule has 6 heteroatoms. The second-order valence-electron chi connectivity index (χ2n) is 4.88. The van der Waals surface area contributed by atoms with E-state index < -0.39 is 0 Å². The number of hydrogen-bond donors (Lipinski definition) is 1. The number of nitrogens with zero attached hydrogens (tertiary/aromatic N) is 3. The first-order chi connectivity index (χ1) is 9.72. The SMILES string of the molecule is CCNC(c1c(Br)nnn1C)C1COc2ccccc21. The number of para-hydroxylation sites is 1. The van der Waals surface area contributed by atoms with Crippen molar-refractivity contribution in [3.05, 3.63) is 40.1 Å². The van der Waals surface area contributed by atoms with Gasteiger partial charge in [0.1, 0.15) is 5.75 Å². The molecule has 1 N–H and O–H groups in total. The summed E-state index contributed by atoms with van der Waals surface area (Å²) in [5.74, 6) is 1.24. The third-order valence-electron chi connectivity index (χ3n) is 3.68. The van der Waals surface area contributed by atoms with E-state index in [0.29, 0.717) is 6.61 Å². The smallest absolute Gasteiger partial charge is 0.153 e. The van der Waals surface area contributed by atoms with Crippen LogP contribution in [0.2, 0.25) is 0 Å². The Hall–Kier alpha value is -1.40. The molecular weight excluding hydrogens is 320 g/mol. The minimum Gasteiger partial charge on any atom is -0.493 e. The molecule has 2 atom stereocenters. The zero-order valence-corrected chi connectivity index (χ0v) is 13.1. The van der Waals surface area contributed by atoms with Crippen LogP contribution in [-0.4, -0.2) is 28.1 Å². The van der Waals surface area contributed by atoms with Gasteiger partial charge in [-0.3, -0.25) is 0 Å². The van der Waals surface area contributed by atoms with E-state index in [1.165, 1.54) is 5.56 Å². The van der Waals surface area contributed by atoms with Gasteiger partial charge in [0.05, 0.1) is 18.3 Å². The number of benzene rings is 1. The summed E-state index contributed by atoms with van der Waals surface area (Å²) in [6, 6.07) is 8.34. The molecular formula is C14H17BrN4O. The van der Waals surface area contributed by atoms with Crippen molar-refractivity contribution in [1.29, 1.82) is 0 Å². The van der Waals surface area contributed by atoms with E-state index in [2.05, 4.69) is 50.6 Å². The summed E-state index contributed by atoms with van der Waals surface area (Å²) in [4.78, 5) is 0. The fraction of sp³-hybridized carbons (Fsp3) is 0.429. The maximum absolute atomic E-state index is 5.81. The van der Waals surface area contributed by atoms with Gasteiger partial charge in [-0.1, -0.05) is 30.3 Å². The second-order valence-corrected chi connectivity index (χ2v) is 5.63. The first-order valence-corrected chi connectivity index (χ1v) is 7.51. The van der Waals surface area contributed by atoms with Gasteiger partial charge in [-0.2, -0.15) is 0 Å². The Morgan fingerprint density at radius 2 is 2.30 bits per heavy atom. The number of aryl methyl sites for hydroxylation is 1. The minimum atomic E-state index is 0.123. The summed E-state index contributed by atoms with van der Waals surface area (Å²) >= 11 is 3.50. The van der Waals surface area contributed by atoms with Crippen molar-refractivity contribution in [2.75, 3.05) is 13.2 Å².